The molecule has 0 saturated heterocycles. The molecular formula is C28H36N2O4. The second-order valence-corrected chi connectivity index (χ2v) is 8.81. The molecule has 1 heterocycles. The van der Waals surface area contributed by atoms with Crippen molar-refractivity contribution in [3.63, 3.8) is 0 Å². The summed E-state index contributed by atoms with van der Waals surface area (Å²) in [5.41, 5.74) is 4.64. The van der Waals surface area contributed by atoms with Crippen LogP contribution < -0.4 is 10.1 Å². The van der Waals surface area contributed by atoms with Gasteiger partial charge in [-0.05, 0) is 66.6 Å². The highest BCUT2D eigenvalue weighted by Crippen LogP contribution is 2.30. The molecule has 1 aromatic heterocycles. The summed E-state index contributed by atoms with van der Waals surface area (Å²) in [6.45, 7) is 7.91. The molecule has 0 saturated carbocycles. The first-order valence-electron chi connectivity index (χ1n) is 12.2. The molecule has 0 spiro atoms. The standard InChI is InChI=1S/C28H36N2O4/c1-5-12-29-27(31)20(7-3)14-19-8-11-25-24(15-19)23(18-30(25)13-6-2)16-21-9-10-22(28(32)33)17-26(21)34-4/h8-11,15,17-18,20H,5-7,12-14,16H2,1-4H3,(H,29,31)(H,32,33). The van der Waals surface area contributed by atoms with E-state index in [-0.39, 0.29) is 17.4 Å². The van der Waals surface area contributed by atoms with Crippen molar-refractivity contribution in [2.45, 2.75) is 59.4 Å². The molecule has 34 heavy (non-hydrogen) atoms. The number of benzene rings is 2. The fraction of sp³-hybridized carbons (Fsp3) is 0.429. The second kappa shape index (κ2) is 11.7. The average Bonchev–Trinajstić information content (AvgIpc) is 3.17. The number of aromatic nitrogens is 1. The van der Waals surface area contributed by atoms with Gasteiger partial charge in [-0.3, -0.25) is 4.79 Å². The van der Waals surface area contributed by atoms with Gasteiger partial charge in [0.25, 0.3) is 0 Å². The Labute approximate surface area is 201 Å². The van der Waals surface area contributed by atoms with Gasteiger partial charge in [0.2, 0.25) is 5.91 Å². The van der Waals surface area contributed by atoms with Crippen LogP contribution in [0.3, 0.4) is 0 Å². The number of carboxylic acids is 1. The number of carbonyl (C=O) groups is 2. The van der Waals surface area contributed by atoms with E-state index in [9.17, 15) is 14.7 Å². The number of fused-ring (bicyclic) bond motifs is 1. The number of hydrogen-bond acceptors (Lipinski definition) is 3. The highest BCUT2D eigenvalue weighted by molar-refractivity contribution is 5.88. The zero-order valence-electron chi connectivity index (χ0n) is 20.7. The lowest BCUT2D eigenvalue weighted by atomic mass is 9.94. The highest BCUT2D eigenvalue weighted by atomic mass is 16.5. The third-order valence-corrected chi connectivity index (χ3v) is 6.30. The molecule has 0 aliphatic rings. The maximum absolute atomic E-state index is 12.6. The third kappa shape index (κ3) is 5.79. The largest absolute Gasteiger partial charge is 0.496 e. The van der Waals surface area contributed by atoms with Gasteiger partial charge in [0.05, 0.1) is 12.7 Å². The fourth-order valence-electron chi connectivity index (χ4n) is 4.44. The number of carbonyl (C=O) groups excluding carboxylic acids is 1. The van der Waals surface area contributed by atoms with Crippen LogP contribution in [0.4, 0.5) is 0 Å². The van der Waals surface area contributed by atoms with Crippen molar-refractivity contribution >= 4 is 22.8 Å². The third-order valence-electron chi connectivity index (χ3n) is 6.30. The number of aryl methyl sites for hydroxylation is 1. The Morgan fingerprint density at radius 3 is 2.50 bits per heavy atom. The predicted molar refractivity (Wildman–Crippen MR) is 136 cm³/mol. The van der Waals surface area contributed by atoms with E-state index >= 15 is 0 Å². The monoisotopic (exact) mass is 464 g/mol. The van der Waals surface area contributed by atoms with Crippen molar-refractivity contribution in [2.75, 3.05) is 13.7 Å². The summed E-state index contributed by atoms with van der Waals surface area (Å²) in [5.74, 6) is -0.320. The summed E-state index contributed by atoms with van der Waals surface area (Å²) < 4.78 is 7.79. The fourth-order valence-corrected chi connectivity index (χ4v) is 4.44. The molecule has 2 aromatic carbocycles. The van der Waals surface area contributed by atoms with E-state index in [1.807, 2.05) is 6.07 Å². The Bertz CT molecular complexity index is 1150. The smallest absolute Gasteiger partial charge is 0.335 e. The van der Waals surface area contributed by atoms with E-state index in [1.54, 1.807) is 19.2 Å². The molecule has 3 rings (SSSR count). The van der Waals surface area contributed by atoms with Gasteiger partial charge in [-0.25, -0.2) is 4.79 Å². The number of amides is 1. The number of hydrogen-bond donors (Lipinski definition) is 2. The number of nitrogens with zero attached hydrogens (tertiary/aromatic N) is 1. The highest BCUT2D eigenvalue weighted by Gasteiger charge is 2.18. The number of ether oxygens (including phenoxy) is 1. The Balaban J connectivity index is 1.97. The summed E-state index contributed by atoms with van der Waals surface area (Å²) in [6, 6.07) is 11.5. The topological polar surface area (TPSA) is 80.6 Å². The lowest BCUT2D eigenvalue weighted by molar-refractivity contribution is -0.125. The van der Waals surface area contributed by atoms with Crippen molar-refractivity contribution in [3.8, 4) is 5.75 Å². The minimum Gasteiger partial charge on any atom is -0.496 e. The van der Waals surface area contributed by atoms with Crippen molar-refractivity contribution < 1.29 is 19.4 Å². The quantitative estimate of drug-likeness (QED) is 0.374. The molecule has 6 heteroatoms. The Morgan fingerprint density at radius 2 is 1.85 bits per heavy atom. The molecule has 1 atom stereocenters. The van der Waals surface area contributed by atoms with Gasteiger partial charge in [0.1, 0.15) is 5.75 Å². The zero-order valence-corrected chi connectivity index (χ0v) is 20.7. The summed E-state index contributed by atoms with van der Waals surface area (Å²) in [5, 5.41) is 13.5. The van der Waals surface area contributed by atoms with Crippen LogP contribution in [0.5, 0.6) is 5.75 Å². The average molecular weight is 465 g/mol. The number of rotatable bonds is 12. The van der Waals surface area contributed by atoms with Crippen molar-refractivity contribution in [1.29, 1.82) is 0 Å². The SMILES string of the molecule is CCCNC(=O)C(CC)Cc1ccc2c(c1)c(Cc1ccc(C(=O)O)cc1OC)cn2CCC. The zero-order chi connectivity index (χ0) is 24.7. The van der Waals surface area contributed by atoms with E-state index in [1.165, 1.54) is 10.9 Å². The molecule has 182 valence electrons. The summed E-state index contributed by atoms with van der Waals surface area (Å²) >= 11 is 0. The van der Waals surface area contributed by atoms with E-state index in [0.717, 1.165) is 42.5 Å². The Hall–Kier alpha value is -3.28. The number of nitrogens with one attached hydrogen (secondary N) is 1. The lowest BCUT2D eigenvalue weighted by Gasteiger charge is -2.15. The van der Waals surface area contributed by atoms with Crippen LogP contribution in [0.15, 0.2) is 42.6 Å². The second-order valence-electron chi connectivity index (χ2n) is 8.81. The number of aromatic carboxylic acids is 1. The predicted octanol–water partition coefficient (Wildman–Crippen LogP) is 5.44. The summed E-state index contributed by atoms with van der Waals surface area (Å²) in [7, 11) is 1.57. The van der Waals surface area contributed by atoms with Gasteiger partial charge < -0.3 is 19.7 Å². The molecule has 0 aliphatic heterocycles. The first-order chi connectivity index (χ1) is 16.4. The molecule has 1 unspecified atom stereocenters. The van der Waals surface area contributed by atoms with Crippen LogP contribution in [0.2, 0.25) is 0 Å². The molecule has 1 amide bonds. The van der Waals surface area contributed by atoms with Crippen molar-refractivity contribution in [1.82, 2.24) is 9.88 Å². The summed E-state index contributed by atoms with van der Waals surface area (Å²) in [6.07, 6.45) is 6.28. The van der Waals surface area contributed by atoms with Crippen LogP contribution in [0.25, 0.3) is 10.9 Å². The first-order valence-corrected chi connectivity index (χ1v) is 12.2. The normalized spacial score (nSPS) is 12.0. The van der Waals surface area contributed by atoms with E-state index in [0.29, 0.717) is 25.1 Å². The molecule has 0 aliphatic carbocycles. The number of methoxy groups -OCH3 is 1. The molecular weight excluding hydrogens is 428 g/mol. The maximum atomic E-state index is 12.6. The van der Waals surface area contributed by atoms with Crippen LogP contribution in [0.1, 0.15) is 67.1 Å². The molecule has 0 radical (unpaired) electrons. The molecule has 0 bridgehead atoms. The molecule has 3 aromatic rings. The molecule has 6 nitrogen and oxygen atoms in total. The van der Waals surface area contributed by atoms with Crippen molar-refractivity contribution in [2.24, 2.45) is 5.92 Å². The van der Waals surface area contributed by atoms with Gasteiger partial charge in [-0.1, -0.05) is 32.9 Å². The van der Waals surface area contributed by atoms with Crippen LogP contribution in [-0.4, -0.2) is 35.2 Å². The van der Waals surface area contributed by atoms with Gasteiger partial charge in [0, 0.05) is 42.5 Å². The van der Waals surface area contributed by atoms with E-state index < -0.39 is 5.97 Å². The van der Waals surface area contributed by atoms with E-state index in [2.05, 4.69) is 55.1 Å². The van der Waals surface area contributed by atoms with Gasteiger partial charge in [0.15, 0.2) is 0 Å². The summed E-state index contributed by atoms with van der Waals surface area (Å²) in [4.78, 5) is 23.9. The van der Waals surface area contributed by atoms with Crippen LogP contribution in [-0.2, 0) is 24.2 Å². The first kappa shape index (κ1) is 25.3. The van der Waals surface area contributed by atoms with E-state index in [4.69, 9.17) is 4.74 Å². The molecule has 0 fully saturated rings. The van der Waals surface area contributed by atoms with Gasteiger partial charge in [-0.15, -0.1) is 0 Å². The van der Waals surface area contributed by atoms with Gasteiger partial charge in [-0.2, -0.15) is 0 Å². The van der Waals surface area contributed by atoms with Crippen LogP contribution >= 0.6 is 0 Å². The molecule has 2 N–H and O–H groups in total. The van der Waals surface area contributed by atoms with Crippen molar-refractivity contribution in [3.05, 3.63) is 64.8 Å². The maximum Gasteiger partial charge on any atom is 0.335 e. The minimum atomic E-state index is -0.970. The lowest BCUT2D eigenvalue weighted by Crippen LogP contribution is -2.32. The Kier molecular flexibility index (Phi) is 8.74. The number of carboxylic acid groups (broad SMARTS) is 1. The Morgan fingerprint density at radius 1 is 1.06 bits per heavy atom. The minimum absolute atomic E-state index is 0.0474. The van der Waals surface area contributed by atoms with Gasteiger partial charge >= 0.3 is 5.97 Å². The van der Waals surface area contributed by atoms with Crippen LogP contribution in [0, 0.1) is 5.92 Å².